The maximum atomic E-state index is 4.68. The number of hydrogen-bond donors (Lipinski definition) is 1. The minimum Gasteiger partial charge on any atom is -0.357 e. The molecule has 5 heteroatoms. The first-order valence-electron chi connectivity index (χ1n) is 5.97. The molecule has 0 fully saturated rings. The summed E-state index contributed by atoms with van der Waals surface area (Å²) in [5.74, 6) is 0.956. The molecule has 1 aromatic rings. The van der Waals surface area contributed by atoms with E-state index in [9.17, 15) is 0 Å². The van der Waals surface area contributed by atoms with E-state index in [2.05, 4.69) is 48.6 Å². The van der Waals surface area contributed by atoms with Gasteiger partial charge < -0.3 is 10.2 Å². The van der Waals surface area contributed by atoms with Crippen LogP contribution in [-0.4, -0.2) is 38.0 Å². The summed E-state index contributed by atoms with van der Waals surface area (Å²) in [5.41, 5.74) is 0.102. The Morgan fingerprint density at radius 1 is 1.44 bits per heavy atom. The maximum absolute atomic E-state index is 4.68. The smallest absolute Gasteiger partial charge is 0.193 e. The van der Waals surface area contributed by atoms with Gasteiger partial charge in [-0.05, 0) is 18.4 Å². The van der Waals surface area contributed by atoms with Crippen molar-refractivity contribution in [1.82, 2.24) is 10.2 Å². The summed E-state index contributed by atoms with van der Waals surface area (Å²) in [6, 6.07) is 4.28. The monoisotopic (exact) mass is 381 g/mol. The molecule has 0 unspecified atom stereocenters. The molecule has 0 aliphatic rings. The van der Waals surface area contributed by atoms with Crippen LogP contribution >= 0.6 is 35.3 Å². The van der Waals surface area contributed by atoms with Gasteiger partial charge in [0.15, 0.2) is 5.96 Å². The number of guanidine groups is 1. The van der Waals surface area contributed by atoms with Gasteiger partial charge in [0.25, 0.3) is 0 Å². The lowest BCUT2D eigenvalue weighted by Crippen LogP contribution is -2.37. The van der Waals surface area contributed by atoms with Crippen LogP contribution in [0.25, 0.3) is 0 Å². The quantitative estimate of drug-likeness (QED) is 0.493. The van der Waals surface area contributed by atoms with E-state index in [4.69, 9.17) is 0 Å². The fourth-order valence-corrected chi connectivity index (χ4v) is 2.37. The lowest BCUT2D eigenvalue weighted by molar-refractivity contribution is 0.530. The molecule has 1 N–H and O–H groups in total. The number of nitrogens with one attached hydrogen (secondary N) is 1. The fraction of sp³-hybridized carbons (Fsp3) is 0.615. The number of halogens is 1. The molecule has 1 aromatic heterocycles. The summed E-state index contributed by atoms with van der Waals surface area (Å²) in [7, 11) is 4.03. The van der Waals surface area contributed by atoms with Crippen molar-refractivity contribution in [2.24, 2.45) is 4.99 Å². The van der Waals surface area contributed by atoms with E-state index in [0.717, 1.165) is 19.0 Å². The Balaban J connectivity index is 0.00000289. The zero-order valence-corrected chi connectivity index (χ0v) is 15.0. The van der Waals surface area contributed by atoms with Gasteiger partial charge in [-0.1, -0.05) is 19.9 Å². The summed E-state index contributed by atoms with van der Waals surface area (Å²) >= 11 is 1.80. The van der Waals surface area contributed by atoms with Gasteiger partial charge in [0.2, 0.25) is 0 Å². The Hall–Kier alpha value is -0.300. The van der Waals surface area contributed by atoms with E-state index in [1.54, 1.807) is 11.3 Å². The van der Waals surface area contributed by atoms with E-state index < -0.39 is 0 Å². The molecule has 104 valence electrons. The van der Waals surface area contributed by atoms with E-state index in [-0.39, 0.29) is 29.4 Å². The molecule has 0 amide bonds. The Morgan fingerprint density at radius 3 is 2.56 bits per heavy atom. The van der Waals surface area contributed by atoms with Gasteiger partial charge in [0, 0.05) is 30.9 Å². The van der Waals surface area contributed by atoms with Crippen LogP contribution < -0.4 is 5.32 Å². The molecule has 0 spiro atoms. The molecule has 0 aliphatic heterocycles. The molecule has 0 bridgehead atoms. The average molecular weight is 381 g/mol. The fourth-order valence-electron chi connectivity index (χ4n) is 1.53. The topological polar surface area (TPSA) is 27.6 Å². The molecule has 1 rings (SSSR count). The number of nitrogens with zero attached hydrogens (tertiary/aromatic N) is 2. The Morgan fingerprint density at radius 2 is 2.11 bits per heavy atom. The van der Waals surface area contributed by atoms with E-state index in [0.29, 0.717) is 0 Å². The van der Waals surface area contributed by atoms with Crippen molar-refractivity contribution in [3.63, 3.8) is 0 Å². The Labute approximate surface area is 132 Å². The SMILES string of the molecule is CCNC(=NCC(C)(C)c1cccs1)N(C)C.I. The van der Waals surface area contributed by atoms with Gasteiger partial charge in [0.05, 0.1) is 6.54 Å². The van der Waals surface area contributed by atoms with Gasteiger partial charge in [-0.3, -0.25) is 4.99 Å². The molecule has 0 saturated carbocycles. The van der Waals surface area contributed by atoms with Crippen LogP contribution in [-0.2, 0) is 5.41 Å². The van der Waals surface area contributed by atoms with Crippen molar-refractivity contribution in [3.05, 3.63) is 22.4 Å². The first-order chi connectivity index (χ1) is 7.97. The van der Waals surface area contributed by atoms with Gasteiger partial charge in [-0.25, -0.2) is 0 Å². The number of thiophene rings is 1. The summed E-state index contributed by atoms with van der Waals surface area (Å²) in [6.45, 7) is 8.26. The van der Waals surface area contributed by atoms with E-state index >= 15 is 0 Å². The van der Waals surface area contributed by atoms with Crippen molar-refractivity contribution in [2.45, 2.75) is 26.2 Å². The van der Waals surface area contributed by atoms with Crippen molar-refractivity contribution in [3.8, 4) is 0 Å². The second-order valence-corrected chi connectivity index (χ2v) is 5.87. The molecule has 0 saturated heterocycles. The Bertz CT molecular complexity index is 358. The third-order valence-corrected chi connectivity index (χ3v) is 3.81. The van der Waals surface area contributed by atoms with Gasteiger partial charge in [0.1, 0.15) is 0 Å². The minimum atomic E-state index is 0. The molecular formula is C13H24IN3S. The zero-order chi connectivity index (χ0) is 12.9. The highest BCUT2D eigenvalue weighted by Crippen LogP contribution is 2.27. The van der Waals surface area contributed by atoms with Crippen LogP contribution in [0, 0.1) is 0 Å². The highest BCUT2D eigenvalue weighted by Gasteiger charge is 2.21. The van der Waals surface area contributed by atoms with Crippen LogP contribution in [0.15, 0.2) is 22.5 Å². The second-order valence-electron chi connectivity index (χ2n) is 4.93. The largest absolute Gasteiger partial charge is 0.357 e. The minimum absolute atomic E-state index is 0. The zero-order valence-electron chi connectivity index (χ0n) is 11.9. The molecule has 0 aliphatic carbocycles. The lowest BCUT2D eigenvalue weighted by atomic mass is 9.92. The maximum Gasteiger partial charge on any atom is 0.193 e. The first-order valence-corrected chi connectivity index (χ1v) is 6.85. The third kappa shape index (κ3) is 5.14. The molecule has 0 atom stereocenters. The first kappa shape index (κ1) is 17.7. The molecule has 1 heterocycles. The number of aliphatic imine (C=N–C) groups is 1. The van der Waals surface area contributed by atoms with Gasteiger partial charge in [-0.15, -0.1) is 35.3 Å². The molecule has 18 heavy (non-hydrogen) atoms. The van der Waals surface area contributed by atoms with Gasteiger partial charge >= 0.3 is 0 Å². The predicted octanol–water partition coefficient (Wildman–Crippen LogP) is 3.17. The van der Waals surface area contributed by atoms with E-state index in [1.165, 1.54) is 4.88 Å². The van der Waals surface area contributed by atoms with Crippen LogP contribution in [0.2, 0.25) is 0 Å². The van der Waals surface area contributed by atoms with E-state index in [1.807, 2.05) is 19.0 Å². The molecule has 0 aromatic carbocycles. The van der Waals surface area contributed by atoms with Crippen molar-refractivity contribution >= 4 is 41.3 Å². The van der Waals surface area contributed by atoms with Gasteiger partial charge in [-0.2, -0.15) is 0 Å². The summed E-state index contributed by atoms with van der Waals surface area (Å²) in [6.07, 6.45) is 0. The van der Waals surface area contributed by atoms with Crippen molar-refractivity contribution < 1.29 is 0 Å². The Kier molecular flexibility index (Phi) is 7.86. The molecule has 0 radical (unpaired) electrons. The van der Waals surface area contributed by atoms with Crippen LogP contribution in [0.4, 0.5) is 0 Å². The predicted molar refractivity (Wildman–Crippen MR) is 92.4 cm³/mol. The van der Waals surface area contributed by atoms with Crippen LogP contribution in [0.3, 0.4) is 0 Å². The molecular weight excluding hydrogens is 357 g/mol. The second kappa shape index (κ2) is 7.99. The number of hydrogen-bond acceptors (Lipinski definition) is 2. The van der Waals surface area contributed by atoms with Crippen LogP contribution in [0.1, 0.15) is 25.6 Å². The summed E-state index contributed by atoms with van der Waals surface area (Å²) in [5, 5.41) is 5.40. The normalized spacial score (nSPS) is 11.9. The highest BCUT2D eigenvalue weighted by molar-refractivity contribution is 14.0. The summed E-state index contributed by atoms with van der Waals surface area (Å²) < 4.78 is 0. The lowest BCUT2D eigenvalue weighted by Gasteiger charge is -2.23. The van der Waals surface area contributed by atoms with Crippen LogP contribution in [0.5, 0.6) is 0 Å². The summed E-state index contributed by atoms with van der Waals surface area (Å²) in [4.78, 5) is 8.09. The van der Waals surface area contributed by atoms with Crippen molar-refractivity contribution in [2.75, 3.05) is 27.2 Å². The number of rotatable bonds is 4. The average Bonchev–Trinajstić information content (AvgIpc) is 2.77. The molecule has 3 nitrogen and oxygen atoms in total. The third-order valence-electron chi connectivity index (χ3n) is 2.57. The standard InChI is InChI=1S/C13H23N3S.HI/c1-6-14-12(16(4)5)15-10-13(2,3)11-8-7-9-17-11;/h7-9H,6,10H2,1-5H3,(H,14,15);1H. The van der Waals surface area contributed by atoms with Crippen molar-refractivity contribution in [1.29, 1.82) is 0 Å². The highest BCUT2D eigenvalue weighted by atomic mass is 127.